The van der Waals surface area contributed by atoms with Crippen molar-refractivity contribution in [3.05, 3.63) is 58.0 Å². The molecule has 7 heteroatoms. The van der Waals surface area contributed by atoms with E-state index in [0.717, 1.165) is 4.68 Å². The maximum Gasteiger partial charge on any atom is 0.280 e. The first-order valence-corrected chi connectivity index (χ1v) is 6.84. The fourth-order valence-corrected chi connectivity index (χ4v) is 2.26. The van der Waals surface area contributed by atoms with E-state index >= 15 is 0 Å². The van der Waals surface area contributed by atoms with Crippen LogP contribution >= 0.6 is 0 Å². The summed E-state index contributed by atoms with van der Waals surface area (Å²) in [5.74, 6) is -0.0362. The van der Waals surface area contributed by atoms with Crippen molar-refractivity contribution in [3.63, 3.8) is 0 Å². The van der Waals surface area contributed by atoms with Gasteiger partial charge < -0.3 is 4.52 Å². The van der Waals surface area contributed by atoms with Gasteiger partial charge in [-0.3, -0.25) is 15.0 Å². The molecule has 112 valence electrons. The second kappa shape index (κ2) is 5.44. The highest BCUT2D eigenvalue weighted by Crippen LogP contribution is 2.14. The number of aromatic nitrogens is 3. The van der Waals surface area contributed by atoms with Crippen LogP contribution in [0, 0.1) is 6.92 Å². The van der Waals surface area contributed by atoms with Crippen LogP contribution in [-0.2, 0) is 6.42 Å². The molecule has 0 radical (unpaired) electrons. The predicted octanol–water partition coefficient (Wildman–Crippen LogP) is 1.64. The molecule has 0 aliphatic heterocycles. The molecule has 0 aliphatic carbocycles. The monoisotopic (exact) mass is 298 g/mol. The van der Waals surface area contributed by atoms with Crippen LogP contribution in [-0.4, -0.2) is 20.7 Å². The minimum absolute atomic E-state index is 0.342. The second-order valence-electron chi connectivity index (χ2n) is 4.79. The van der Waals surface area contributed by atoms with Gasteiger partial charge in [0.05, 0.1) is 16.6 Å². The largest absolute Gasteiger partial charge is 0.361 e. The molecule has 2 aromatic heterocycles. The number of hydrogen-bond acceptors (Lipinski definition) is 5. The maximum atomic E-state index is 12.4. The van der Waals surface area contributed by atoms with Crippen molar-refractivity contribution in [3.8, 4) is 0 Å². The van der Waals surface area contributed by atoms with Gasteiger partial charge in [-0.05, 0) is 25.5 Å². The van der Waals surface area contributed by atoms with Crippen LogP contribution in [0.2, 0.25) is 0 Å². The third-order valence-electron chi connectivity index (χ3n) is 3.38. The van der Waals surface area contributed by atoms with Gasteiger partial charge in [0.15, 0.2) is 0 Å². The summed E-state index contributed by atoms with van der Waals surface area (Å²) in [6.07, 6.45) is 1.85. The summed E-state index contributed by atoms with van der Waals surface area (Å²) in [7, 11) is 0. The van der Waals surface area contributed by atoms with Crippen LogP contribution < -0.4 is 11.0 Å². The Kier molecular flexibility index (Phi) is 3.46. The van der Waals surface area contributed by atoms with Gasteiger partial charge in [-0.1, -0.05) is 24.2 Å². The Morgan fingerprint density at radius 2 is 2.14 bits per heavy atom. The summed E-state index contributed by atoms with van der Waals surface area (Å²) in [6.45, 7) is 3.53. The molecule has 1 N–H and O–H groups in total. The van der Waals surface area contributed by atoms with Gasteiger partial charge in [0.2, 0.25) is 0 Å². The van der Waals surface area contributed by atoms with E-state index in [9.17, 15) is 9.59 Å². The lowest BCUT2D eigenvalue weighted by Gasteiger charge is -2.08. The van der Waals surface area contributed by atoms with Gasteiger partial charge in [0, 0.05) is 0 Å². The van der Waals surface area contributed by atoms with Crippen LogP contribution in [0.4, 0.5) is 0 Å². The smallest absolute Gasteiger partial charge is 0.280 e. The molecule has 22 heavy (non-hydrogen) atoms. The topological polar surface area (TPSA) is 90.0 Å². The zero-order valence-corrected chi connectivity index (χ0v) is 12.2. The van der Waals surface area contributed by atoms with E-state index in [1.165, 1.54) is 6.33 Å². The molecule has 3 aromatic rings. The van der Waals surface area contributed by atoms with E-state index in [-0.39, 0.29) is 5.56 Å². The summed E-state index contributed by atoms with van der Waals surface area (Å²) >= 11 is 0. The Morgan fingerprint density at radius 3 is 2.91 bits per heavy atom. The van der Waals surface area contributed by atoms with Crippen molar-refractivity contribution >= 4 is 16.8 Å². The van der Waals surface area contributed by atoms with Gasteiger partial charge in [-0.15, -0.1) is 0 Å². The Labute approximate surface area is 125 Å². The number of nitrogens with zero attached hydrogens (tertiary/aromatic N) is 3. The molecule has 1 amide bonds. The molecule has 0 bridgehead atoms. The number of carbonyl (C=O) groups excluding carboxylic acids is 1. The summed E-state index contributed by atoms with van der Waals surface area (Å²) in [5, 5.41) is 4.26. The minimum atomic E-state index is -0.449. The normalized spacial score (nSPS) is 10.8. The molecular formula is C15H14N4O3. The average molecular weight is 298 g/mol. The van der Waals surface area contributed by atoms with Crippen molar-refractivity contribution in [2.45, 2.75) is 20.3 Å². The summed E-state index contributed by atoms with van der Waals surface area (Å²) in [6, 6.07) is 6.94. The SMILES string of the molecule is CCc1noc(C)c1C(=O)Nn1cnc2ccccc2c1=O. The zero-order chi connectivity index (χ0) is 15.7. The van der Waals surface area contributed by atoms with Crippen LogP contribution in [0.25, 0.3) is 10.9 Å². The lowest BCUT2D eigenvalue weighted by atomic mass is 10.1. The number of nitrogens with one attached hydrogen (secondary N) is 1. The molecule has 7 nitrogen and oxygen atoms in total. The third-order valence-corrected chi connectivity index (χ3v) is 3.38. The Bertz CT molecular complexity index is 911. The molecule has 0 unspecified atom stereocenters. The Hall–Kier alpha value is -2.96. The predicted molar refractivity (Wildman–Crippen MR) is 80.3 cm³/mol. The van der Waals surface area contributed by atoms with E-state index in [2.05, 4.69) is 15.6 Å². The highest BCUT2D eigenvalue weighted by molar-refractivity contribution is 6.01. The molecule has 0 saturated heterocycles. The number of carbonyl (C=O) groups is 1. The molecule has 0 saturated carbocycles. The number of fused-ring (bicyclic) bond motifs is 1. The summed E-state index contributed by atoms with van der Waals surface area (Å²) in [5.41, 5.74) is 3.66. The summed E-state index contributed by atoms with van der Waals surface area (Å²) < 4.78 is 6.10. The lowest BCUT2D eigenvalue weighted by Crippen LogP contribution is -2.33. The molecule has 0 atom stereocenters. The van der Waals surface area contributed by atoms with Crippen molar-refractivity contribution < 1.29 is 9.32 Å². The second-order valence-corrected chi connectivity index (χ2v) is 4.79. The van der Waals surface area contributed by atoms with Crippen molar-refractivity contribution in [2.75, 3.05) is 5.43 Å². The van der Waals surface area contributed by atoms with Crippen LogP contribution in [0.1, 0.15) is 28.7 Å². The maximum absolute atomic E-state index is 12.4. The molecule has 1 aromatic carbocycles. The Balaban J connectivity index is 2.00. The first-order valence-electron chi connectivity index (χ1n) is 6.84. The molecule has 0 aliphatic rings. The standard InChI is InChI=1S/C15H14N4O3/c1-3-11-13(9(2)22-18-11)14(20)17-19-8-16-12-7-5-4-6-10(12)15(19)21/h4-8H,3H2,1-2H3,(H,17,20). The highest BCUT2D eigenvalue weighted by atomic mass is 16.5. The molecule has 0 spiro atoms. The highest BCUT2D eigenvalue weighted by Gasteiger charge is 2.19. The average Bonchev–Trinajstić information content (AvgIpc) is 2.91. The van der Waals surface area contributed by atoms with Gasteiger partial charge in [0.25, 0.3) is 11.5 Å². The first-order chi connectivity index (χ1) is 10.6. The fourth-order valence-electron chi connectivity index (χ4n) is 2.26. The first kappa shape index (κ1) is 14.0. The molecule has 3 rings (SSSR count). The Morgan fingerprint density at radius 1 is 1.36 bits per heavy atom. The summed E-state index contributed by atoms with van der Waals surface area (Å²) in [4.78, 5) is 28.9. The number of amides is 1. The van der Waals surface area contributed by atoms with Crippen LogP contribution in [0.15, 0.2) is 39.9 Å². The van der Waals surface area contributed by atoms with Gasteiger partial charge in [-0.25, -0.2) is 9.66 Å². The van der Waals surface area contributed by atoms with Gasteiger partial charge in [-0.2, -0.15) is 0 Å². The van der Waals surface area contributed by atoms with E-state index in [1.54, 1.807) is 31.2 Å². The molecule has 2 heterocycles. The van der Waals surface area contributed by atoms with Crippen molar-refractivity contribution in [1.29, 1.82) is 0 Å². The van der Waals surface area contributed by atoms with E-state index < -0.39 is 5.91 Å². The fraction of sp³-hybridized carbons (Fsp3) is 0.200. The quantitative estimate of drug-likeness (QED) is 0.794. The van der Waals surface area contributed by atoms with E-state index in [4.69, 9.17) is 4.52 Å². The number of rotatable bonds is 3. The van der Waals surface area contributed by atoms with Crippen LogP contribution in [0.3, 0.4) is 0 Å². The van der Waals surface area contributed by atoms with Crippen molar-refractivity contribution in [1.82, 2.24) is 14.8 Å². The van der Waals surface area contributed by atoms with Crippen LogP contribution in [0.5, 0.6) is 0 Å². The zero-order valence-electron chi connectivity index (χ0n) is 12.2. The van der Waals surface area contributed by atoms with Gasteiger partial charge in [0.1, 0.15) is 17.7 Å². The van der Waals surface area contributed by atoms with E-state index in [0.29, 0.717) is 34.3 Å². The third kappa shape index (κ3) is 2.26. The van der Waals surface area contributed by atoms with E-state index in [1.807, 2.05) is 6.92 Å². The number of benzene rings is 1. The van der Waals surface area contributed by atoms with Gasteiger partial charge >= 0.3 is 0 Å². The molecule has 0 fully saturated rings. The minimum Gasteiger partial charge on any atom is -0.361 e. The van der Waals surface area contributed by atoms with Crippen molar-refractivity contribution in [2.24, 2.45) is 0 Å². The molecular weight excluding hydrogens is 284 g/mol. The number of hydrogen-bond donors (Lipinski definition) is 1. The number of para-hydroxylation sites is 1. The lowest BCUT2D eigenvalue weighted by molar-refractivity contribution is 0.100. The number of aryl methyl sites for hydroxylation is 2.